The van der Waals surface area contributed by atoms with Crippen LogP contribution >= 0.6 is 11.8 Å². The van der Waals surface area contributed by atoms with Crippen LogP contribution in [0.4, 0.5) is 0 Å². The highest BCUT2D eigenvalue weighted by Crippen LogP contribution is 2.15. The second kappa shape index (κ2) is 36.0. The summed E-state index contributed by atoms with van der Waals surface area (Å²) in [6.45, 7) is 6.34. The van der Waals surface area contributed by atoms with Crippen LogP contribution in [0.5, 0.6) is 5.75 Å². The van der Waals surface area contributed by atoms with Crippen molar-refractivity contribution in [2.24, 2.45) is 29.0 Å². The maximum Gasteiger partial charge on any atom is 0.326 e. The summed E-state index contributed by atoms with van der Waals surface area (Å²) in [6.07, 6.45) is 4.62. The van der Waals surface area contributed by atoms with Crippen LogP contribution in [0.25, 0.3) is 0 Å². The second-order valence-electron chi connectivity index (χ2n) is 20.8. The molecule has 0 fully saturated rings. The van der Waals surface area contributed by atoms with Crippen molar-refractivity contribution in [3.05, 3.63) is 83.9 Å². The first-order valence-electron chi connectivity index (χ1n) is 27.2. The van der Waals surface area contributed by atoms with E-state index < -0.39 is 120 Å². The molecule has 0 unspecified atom stereocenters. The summed E-state index contributed by atoms with van der Waals surface area (Å²) >= 11 is 1.36. The molecule has 0 aliphatic heterocycles. The van der Waals surface area contributed by atoms with Crippen molar-refractivity contribution in [2.45, 2.75) is 153 Å². The average Bonchev–Trinajstić information content (AvgIpc) is 4.00. The average molecular weight is 1170 g/mol. The lowest BCUT2D eigenvalue weighted by atomic mass is 10.00. The Kier molecular flexibility index (Phi) is 30.1. The lowest BCUT2D eigenvalue weighted by Crippen LogP contribution is -2.61. The van der Waals surface area contributed by atoms with Gasteiger partial charge in [-0.3, -0.25) is 43.2 Å². The Morgan fingerprint density at radius 2 is 1.04 bits per heavy atom. The number of carbonyl (C=O) groups excluding carboxylic acids is 9. The van der Waals surface area contributed by atoms with E-state index in [1.807, 2.05) is 0 Å². The fourth-order valence-electron chi connectivity index (χ4n) is 8.46. The maximum atomic E-state index is 14.3. The van der Waals surface area contributed by atoms with Crippen LogP contribution in [0.3, 0.4) is 0 Å². The Labute approximate surface area is 481 Å². The number of carboxylic acids is 1. The number of aliphatic hydroxyl groups excluding tert-OH is 1. The van der Waals surface area contributed by atoms with Gasteiger partial charge >= 0.3 is 5.97 Å². The van der Waals surface area contributed by atoms with Crippen molar-refractivity contribution >= 4 is 70.9 Å². The zero-order valence-electron chi connectivity index (χ0n) is 47.1. The van der Waals surface area contributed by atoms with Crippen LogP contribution < -0.4 is 59.7 Å². The molecule has 452 valence electrons. The molecule has 0 aliphatic carbocycles. The molecule has 1 aromatic heterocycles. The van der Waals surface area contributed by atoms with Gasteiger partial charge in [-0.25, -0.2) is 9.78 Å². The van der Waals surface area contributed by atoms with Gasteiger partial charge in [0.15, 0.2) is 0 Å². The zero-order chi connectivity index (χ0) is 60.9. The minimum atomic E-state index is -1.72. The number of aromatic nitrogens is 2. The number of unbranched alkanes of at least 4 members (excludes halogenated alkanes) is 1. The highest BCUT2D eigenvalue weighted by Gasteiger charge is 2.36. The number of nitrogens with one attached hydrogen (secondary N) is 9. The maximum absolute atomic E-state index is 14.3. The standard InChI is InChI=1S/C55H83N13O13S/c1-31(2)23-41(50(75)62-39(18-19-46(58)71)49(74)63-40(55(80)81)20-22-82-5)66-53(78)44(27-35-28-59-30-60-35)67-54(79)45(29-69)68-51(76)42(24-32(3)4)65-48(73)38(13-9-10-21-56)61-52(77)43(26-33-11-7-6-8-12-33)64-47(72)37(57)25-34-14-16-36(70)17-15-34/h6-8,11-12,14-17,28,30-32,37-45,69-70H,9-10,13,18-27,29,56-57H2,1-5H3,(H2,58,71)(H,59,60)(H,61,77)(H,62,75)(H,63,74)(H,64,72)(H,65,73)(H,66,78)(H,67,79)(H,68,76)(H,80,81)/t37-,38-,39-,40-,41-,42-,43-,44-,45-/m0/s1. The number of hydrogen-bond acceptors (Lipinski definition) is 16. The number of carbonyl (C=O) groups is 10. The number of hydrogen-bond donors (Lipinski definition) is 15. The van der Waals surface area contributed by atoms with Gasteiger partial charge < -0.3 is 80.0 Å². The van der Waals surface area contributed by atoms with Gasteiger partial charge in [0.2, 0.25) is 53.2 Å². The molecule has 0 saturated carbocycles. The van der Waals surface area contributed by atoms with Crippen molar-refractivity contribution < 1.29 is 63.3 Å². The molecule has 9 amide bonds. The fraction of sp³-hybridized carbons (Fsp3) is 0.545. The molecule has 0 saturated heterocycles. The number of aromatic hydroxyl groups is 1. The highest BCUT2D eigenvalue weighted by atomic mass is 32.2. The molecule has 18 N–H and O–H groups in total. The number of phenolic OH excluding ortho intramolecular Hbond substituents is 1. The Hall–Kier alpha value is -7.62. The Morgan fingerprint density at radius 3 is 1.54 bits per heavy atom. The van der Waals surface area contributed by atoms with E-state index in [0.29, 0.717) is 35.4 Å². The summed E-state index contributed by atoms with van der Waals surface area (Å²) < 4.78 is 0. The molecule has 0 aliphatic rings. The predicted molar refractivity (Wildman–Crippen MR) is 306 cm³/mol. The Morgan fingerprint density at radius 1 is 0.573 bits per heavy atom. The molecule has 27 heteroatoms. The van der Waals surface area contributed by atoms with Crippen molar-refractivity contribution in [1.29, 1.82) is 0 Å². The van der Waals surface area contributed by atoms with Crippen LogP contribution in [-0.2, 0) is 67.2 Å². The Bertz CT molecular complexity index is 2540. The normalized spacial score (nSPS) is 14.5. The molecule has 0 bridgehead atoms. The fourth-order valence-corrected chi connectivity index (χ4v) is 8.93. The first kappa shape index (κ1) is 68.7. The molecule has 3 aromatic rings. The third-order valence-corrected chi connectivity index (χ3v) is 13.5. The highest BCUT2D eigenvalue weighted by molar-refractivity contribution is 7.98. The third kappa shape index (κ3) is 25.0. The second-order valence-corrected chi connectivity index (χ2v) is 21.8. The van der Waals surface area contributed by atoms with E-state index >= 15 is 0 Å². The SMILES string of the molecule is CSCC[C@H](NC(=O)[C@H](CCC(N)=O)NC(=O)[C@H](CC(C)C)NC(=O)[C@H](Cc1cnc[nH]1)NC(=O)[C@H](CO)NC(=O)[C@H](CC(C)C)NC(=O)[C@H](CCCCN)NC(=O)[C@H](Cc1ccccc1)NC(=O)[C@@H](N)Cc1ccc(O)cc1)C(=O)O. The summed E-state index contributed by atoms with van der Waals surface area (Å²) in [5, 5.41) is 50.7. The minimum absolute atomic E-state index is 0.00365. The van der Waals surface area contributed by atoms with Crippen LogP contribution in [-0.4, -0.2) is 164 Å². The molecule has 82 heavy (non-hydrogen) atoms. The Balaban J connectivity index is 1.86. The molecule has 26 nitrogen and oxygen atoms in total. The molecule has 3 rings (SSSR count). The number of amides is 9. The predicted octanol–water partition coefficient (Wildman–Crippen LogP) is -1.33. The minimum Gasteiger partial charge on any atom is -0.508 e. The molecule has 0 radical (unpaired) electrons. The van der Waals surface area contributed by atoms with Gasteiger partial charge in [-0.1, -0.05) is 70.2 Å². The van der Waals surface area contributed by atoms with E-state index in [9.17, 15) is 63.3 Å². The van der Waals surface area contributed by atoms with Crippen LogP contribution in [0.1, 0.15) is 95.9 Å². The molecule has 0 spiro atoms. The number of nitrogens with two attached hydrogens (primary N) is 3. The number of aliphatic hydroxyl groups is 1. The third-order valence-electron chi connectivity index (χ3n) is 12.9. The number of carboxylic acid groups (broad SMARTS) is 1. The largest absolute Gasteiger partial charge is 0.508 e. The van der Waals surface area contributed by atoms with E-state index in [4.69, 9.17) is 17.2 Å². The van der Waals surface area contributed by atoms with E-state index in [2.05, 4.69) is 52.5 Å². The van der Waals surface area contributed by atoms with Crippen molar-refractivity contribution in [3.8, 4) is 5.75 Å². The molecular formula is C55H83N13O13S. The number of H-pyrrole nitrogens is 1. The molecule has 2 aromatic carbocycles. The summed E-state index contributed by atoms with van der Waals surface area (Å²) in [4.78, 5) is 143. The van der Waals surface area contributed by atoms with Gasteiger partial charge in [-0.2, -0.15) is 11.8 Å². The smallest absolute Gasteiger partial charge is 0.326 e. The lowest BCUT2D eigenvalue weighted by Gasteiger charge is -2.28. The van der Waals surface area contributed by atoms with E-state index in [1.54, 1.807) is 76.4 Å². The monoisotopic (exact) mass is 1170 g/mol. The topological polar surface area (TPSA) is 434 Å². The zero-order valence-corrected chi connectivity index (χ0v) is 47.9. The van der Waals surface area contributed by atoms with Crippen LogP contribution in [0, 0.1) is 11.8 Å². The van der Waals surface area contributed by atoms with Gasteiger partial charge in [-0.15, -0.1) is 0 Å². The van der Waals surface area contributed by atoms with Crippen molar-refractivity contribution in [1.82, 2.24) is 52.5 Å². The number of aliphatic carboxylic acids is 1. The summed E-state index contributed by atoms with van der Waals surface area (Å²) in [5.74, 6) is -8.99. The first-order valence-corrected chi connectivity index (χ1v) is 28.6. The summed E-state index contributed by atoms with van der Waals surface area (Å²) in [7, 11) is 0. The first-order chi connectivity index (χ1) is 38.9. The molecular weight excluding hydrogens is 1080 g/mol. The van der Waals surface area contributed by atoms with Crippen molar-refractivity contribution in [3.63, 3.8) is 0 Å². The van der Waals surface area contributed by atoms with Gasteiger partial charge in [0.1, 0.15) is 54.1 Å². The number of phenols is 1. The van der Waals surface area contributed by atoms with E-state index in [1.165, 1.54) is 36.4 Å². The van der Waals surface area contributed by atoms with Gasteiger partial charge in [-0.05, 0) is 105 Å². The number of rotatable bonds is 38. The van der Waals surface area contributed by atoms with Crippen LogP contribution in [0.15, 0.2) is 67.1 Å². The number of nitrogens with zero attached hydrogens (tertiary/aromatic N) is 1. The van der Waals surface area contributed by atoms with Gasteiger partial charge in [0.25, 0.3) is 0 Å². The van der Waals surface area contributed by atoms with Gasteiger partial charge in [0, 0.05) is 31.2 Å². The number of aromatic amines is 1. The number of imidazole rings is 1. The van der Waals surface area contributed by atoms with E-state index in [0.717, 1.165) is 0 Å². The van der Waals surface area contributed by atoms with E-state index in [-0.39, 0.29) is 81.9 Å². The van der Waals surface area contributed by atoms with Crippen LogP contribution in [0.2, 0.25) is 0 Å². The summed E-state index contributed by atoms with van der Waals surface area (Å²) in [6, 6.07) is 2.69. The quantitative estimate of drug-likeness (QED) is 0.0296. The number of benzene rings is 2. The van der Waals surface area contributed by atoms with Crippen molar-refractivity contribution in [2.75, 3.05) is 25.2 Å². The molecule has 9 atom stereocenters. The lowest BCUT2D eigenvalue weighted by molar-refractivity contribution is -0.142. The summed E-state index contributed by atoms with van der Waals surface area (Å²) in [5.41, 5.74) is 19.1. The molecule has 1 heterocycles. The van der Waals surface area contributed by atoms with Gasteiger partial charge in [0.05, 0.1) is 19.0 Å². The number of thioether (sulfide) groups is 1. The number of primary amides is 1.